The highest BCUT2D eigenvalue weighted by molar-refractivity contribution is 5.94. The van der Waals surface area contributed by atoms with Crippen LogP contribution in [0, 0.1) is 5.92 Å². The Morgan fingerprint density at radius 2 is 1.54 bits per heavy atom. The summed E-state index contributed by atoms with van der Waals surface area (Å²) >= 11 is 0. The van der Waals surface area contributed by atoms with E-state index < -0.39 is 47.7 Å². The highest BCUT2D eigenvalue weighted by Gasteiger charge is 2.30. The molecule has 0 saturated heterocycles. The van der Waals surface area contributed by atoms with Crippen LogP contribution in [0.15, 0.2) is 30.5 Å². The number of hydrogen-bond acceptors (Lipinski definition) is 5. The van der Waals surface area contributed by atoms with Gasteiger partial charge < -0.3 is 32.4 Å². The second-order valence-corrected chi connectivity index (χ2v) is 8.98. The topological polar surface area (TPSA) is 189 Å². The second kappa shape index (κ2) is 12.5. The molecule has 0 aliphatic rings. The lowest BCUT2D eigenvalue weighted by atomic mass is 10.0. The van der Waals surface area contributed by atoms with Crippen LogP contribution in [0.5, 0.6) is 0 Å². The Morgan fingerprint density at radius 3 is 2.14 bits per heavy atom. The van der Waals surface area contributed by atoms with Crippen LogP contribution in [-0.2, 0) is 30.4 Å². The van der Waals surface area contributed by atoms with E-state index in [0.717, 1.165) is 16.5 Å². The molecule has 3 atom stereocenters. The minimum Gasteiger partial charge on any atom is -0.370 e. The number of primary amides is 2. The molecular formula is C24H34N6O5. The number of benzene rings is 1. The van der Waals surface area contributed by atoms with Crippen LogP contribution in [0.25, 0.3) is 10.9 Å². The molecule has 0 spiro atoms. The van der Waals surface area contributed by atoms with Gasteiger partial charge in [-0.3, -0.25) is 24.0 Å². The lowest BCUT2D eigenvalue weighted by molar-refractivity contribution is -0.133. The van der Waals surface area contributed by atoms with Crippen LogP contribution >= 0.6 is 0 Å². The van der Waals surface area contributed by atoms with Crippen molar-refractivity contribution >= 4 is 40.4 Å². The number of para-hydroxylation sites is 1. The number of hydrogen-bond donors (Lipinski definition) is 6. The molecular weight excluding hydrogens is 452 g/mol. The van der Waals surface area contributed by atoms with E-state index in [1.807, 2.05) is 38.1 Å². The van der Waals surface area contributed by atoms with Gasteiger partial charge in [0.25, 0.3) is 0 Å². The van der Waals surface area contributed by atoms with Gasteiger partial charge in [0.15, 0.2) is 0 Å². The SMILES string of the molecule is CC(=O)N[C@@H](CCC(N)=O)C(=O)N[C@@H](Cc1c[nH]c2ccccc12)C(=O)N[C@@H](CC(C)C)C(N)=O. The van der Waals surface area contributed by atoms with Crippen LogP contribution in [0.4, 0.5) is 0 Å². The van der Waals surface area contributed by atoms with Crippen molar-refractivity contribution < 1.29 is 24.0 Å². The van der Waals surface area contributed by atoms with Crippen molar-refractivity contribution in [3.63, 3.8) is 0 Å². The lowest BCUT2D eigenvalue weighted by Gasteiger charge is -2.25. The fourth-order valence-corrected chi connectivity index (χ4v) is 3.79. The first-order valence-corrected chi connectivity index (χ1v) is 11.5. The maximum atomic E-state index is 13.2. The van der Waals surface area contributed by atoms with Gasteiger partial charge in [-0.05, 0) is 30.4 Å². The van der Waals surface area contributed by atoms with E-state index in [-0.39, 0.29) is 25.2 Å². The number of carbonyl (C=O) groups is 5. The van der Waals surface area contributed by atoms with Crippen molar-refractivity contribution in [2.24, 2.45) is 17.4 Å². The summed E-state index contributed by atoms with van der Waals surface area (Å²) in [6.07, 6.45) is 2.03. The molecule has 2 rings (SSSR count). The average molecular weight is 487 g/mol. The van der Waals surface area contributed by atoms with E-state index in [0.29, 0.717) is 6.42 Å². The fraction of sp³-hybridized carbons (Fsp3) is 0.458. The first-order chi connectivity index (χ1) is 16.5. The second-order valence-electron chi connectivity index (χ2n) is 8.98. The Morgan fingerprint density at radius 1 is 0.914 bits per heavy atom. The van der Waals surface area contributed by atoms with Gasteiger partial charge in [0.1, 0.15) is 18.1 Å². The number of fused-ring (bicyclic) bond motifs is 1. The van der Waals surface area contributed by atoms with Crippen molar-refractivity contribution in [2.75, 3.05) is 0 Å². The Balaban J connectivity index is 2.31. The summed E-state index contributed by atoms with van der Waals surface area (Å²) in [6, 6.07) is 4.43. The van der Waals surface area contributed by atoms with Crippen molar-refractivity contribution in [2.45, 2.75) is 64.6 Å². The minimum absolute atomic E-state index is 0.0283. The minimum atomic E-state index is -1.08. The first-order valence-electron chi connectivity index (χ1n) is 11.5. The summed E-state index contributed by atoms with van der Waals surface area (Å²) in [5.74, 6) is -2.93. The maximum Gasteiger partial charge on any atom is 0.243 e. The lowest BCUT2D eigenvalue weighted by Crippen LogP contribution is -2.57. The zero-order valence-corrected chi connectivity index (χ0v) is 20.2. The molecule has 0 bridgehead atoms. The predicted octanol–water partition coefficient (Wildman–Crippen LogP) is -0.0184. The average Bonchev–Trinajstić information content (AvgIpc) is 3.17. The molecule has 0 fully saturated rings. The van der Waals surface area contributed by atoms with E-state index in [1.165, 1.54) is 6.92 Å². The molecule has 1 aromatic carbocycles. The number of amides is 5. The monoisotopic (exact) mass is 486 g/mol. The highest BCUT2D eigenvalue weighted by Crippen LogP contribution is 2.19. The molecule has 190 valence electrons. The van der Waals surface area contributed by atoms with Gasteiger partial charge in [-0.15, -0.1) is 0 Å². The molecule has 11 nitrogen and oxygen atoms in total. The standard InChI is InChI=1S/C24H34N6O5/c1-13(2)10-19(22(26)33)29-24(35)20(11-15-12-27-17-7-5-4-6-16(15)17)30-23(34)18(28-14(3)31)8-9-21(25)32/h4-7,12-13,18-20,27H,8-11H2,1-3H3,(H2,25,32)(H2,26,33)(H,28,31)(H,29,35)(H,30,34)/t18-,19-,20-/m0/s1. The van der Waals surface area contributed by atoms with Gasteiger partial charge in [-0.2, -0.15) is 0 Å². The normalized spacial score (nSPS) is 13.6. The van der Waals surface area contributed by atoms with E-state index in [1.54, 1.807) is 6.20 Å². The van der Waals surface area contributed by atoms with Gasteiger partial charge in [0, 0.05) is 36.9 Å². The summed E-state index contributed by atoms with van der Waals surface area (Å²) in [5.41, 5.74) is 12.3. The largest absolute Gasteiger partial charge is 0.370 e. The summed E-state index contributed by atoms with van der Waals surface area (Å²) < 4.78 is 0. The Kier molecular flexibility index (Phi) is 9.80. The van der Waals surface area contributed by atoms with Gasteiger partial charge in [0.05, 0.1) is 0 Å². The third-order valence-corrected chi connectivity index (χ3v) is 5.47. The molecule has 0 aliphatic carbocycles. The van der Waals surface area contributed by atoms with Crippen molar-refractivity contribution in [3.05, 3.63) is 36.0 Å². The van der Waals surface area contributed by atoms with E-state index in [9.17, 15) is 24.0 Å². The summed E-state index contributed by atoms with van der Waals surface area (Å²) in [5, 5.41) is 8.66. The highest BCUT2D eigenvalue weighted by atomic mass is 16.2. The van der Waals surface area contributed by atoms with Gasteiger partial charge in [-0.1, -0.05) is 32.0 Å². The molecule has 8 N–H and O–H groups in total. The summed E-state index contributed by atoms with van der Waals surface area (Å²) in [7, 11) is 0. The quantitative estimate of drug-likeness (QED) is 0.232. The summed E-state index contributed by atoms with van der Waals surface area (Å²) in [4.78, 5) is 64.1. The predicted molar refractivity (Wildman–Crippen MR) is 131 cm³/mol. The Labute approximate surface area is 203 Å². The molecule has 5 amide bonds. The molecule has 0 saturated carbocycles. The van der Waals surface area contributed by atoms with Gasteiger partial charge in [-0.25, -0.2) is 0 Å². The third-order valence-electron chi connectivity index (χ3n) is 5.47. The van der Waals surface area contributed by atoms with E-state index >= 15 is 0 Å². The van der Waals surface area contributed by atoms with Crippen LogP contribution in [0.2, 0.25) is 0 Å². The van der Waals surface area contributed by atoms with Crippen molar-refractivity contribution in [1.82, 2.24) is 20.9 Å². The first kappa shape index (κ1) is 27.4. The smallest absolute Gasteiger partial charge is 0.243 e. The molecule has 11 heteroatoms. The van der Waals surface area contributed by atoms with Crippen LogP contribution in [-0.4, -0.2) is 52.6 Å². The zero-order valence-electron chi connectivity index (χ0n) is 20.2. The number of H-pyrrole nitrogens is 1. The number of nitrogens with one attached hydrogen (secondary N) is 4. The van der Waals surface area contributed by atoms with Crippen LogP contribution in [0.1, 0.15) is 45.6 Å². The van der Waals surface area contributed by atoms with Gasteiger partial charge >= 0.3 is 0 Å². The number of nitrogens with two attached hydrogens (primary N) is 2. The number of aromatic amines is 1. The van der Waals surface area contributed by atoms with Crippen molar-refractivity contribution in [3.8, 4) is 0 Å². The Hall–Kier alpha value is -3.89. The zero-order chi connectivity index (χ0) is 26.1. The fourth-order valence-electron chi connectivity index (χ4n) is 3.79. The Bertz CT molecular complexity index is 1080. The van der Waals surface area contributed by atoms with Crippen molar-refractivity contribution in [1.29, 1.82) is 0 Å². The molecule has 0 unspecified atom stereocenters. The number of aromatic nitrogens is 1. The molecule has 2 aromatic rings. The number of carbonyl (C=O) groups excluding carboxylic acids is 5. The number of rotatable bonds is 13. The molecule has 0 aliphatic heterocycles. The van der Waals surface area contributed by atoms with Crippen LogP contribution in [0.3, 0.4) is 0 Å². The molecule has 0 radical (unpaired) electrons. The maximum absolute atomic E-state index is 13.2. The van der Waals surface area contributed by atoms with E-state index in [2.05, 4.69) is 20.9 Å². The molecule has 1 aromatic heterocycles. The molecule has 35 heavy (non-hydrogen) atoms. The summed E-state index contributed by atoms with van der Waals surface area (Å²) in [6.45, 7) is 5.03. The van der Waals surface area contributed by atoms with Gasteiger partial charge in [0.2, 0.25) is 29.5 Å². The van der Waals surface area contributed by atoms with Crippen LogP contribution < -0.4 is 27.4 Å². The van der Waals surface area contributed by atoms with E-state index in [4.69, 9.17) is 11.5 Å². The third kappa shape index (κ3) is 8.43. The molecule has 1 heterocycles.